The fourth-order valence-corrected chi connectivity index (χ4v) is 7.08. The number of rotatable bonds is 44. The van der Waals surface area contributed by atoms with E-state index >= 15 is 0 Å². The molecule has 0 fully saturated rings. The third kappa shape index (κ3) is 50.3. The third-order valence-electron chi connectivity index (χ3n) is 9.89. The first-order valence-corrected chi connectivity index (χ1v) is 24.8. The van der Waals surface area contributed by atoms with E-state index in [1.165, 1.54) is 77.0 Å². The van der Waals surface area contributed by atoms with Gasteiger partial charge in [0.15, 0.2) is 6.10 Å². The first kappa shape index (κ1) is 64.8. The molecule has 0 radical (unpaired) electrons. The van der Waals surface area contributed by atoms with Crippen LogP contribution < -0.4 is 74.4 Å². The number of allylic oxidation sites excluding steroid dienone is 4. The fraction of sp³-hybridized carbons (Fsp3) is 0.826. The molecule has 61 heavy (non-hydrogen) atoms. The van der Waals surface area contributed by atoms with Crippen LogP contribution in [-0.4, -0.2) is 56.3 Å². The second-order valence-electron chi connectivity index (χ2n) is 15.6. The smallest absolute Gasteiger partial charge is 0.756 e. The second kappa shape index (κ2) is 48.9. The first-order valence-electron chi connectivity index (χ1n) is 23.3. The van der Waals surface area contributed by atoms with Crippen LogP contribution >= 0.6 is 7.82 Å². The summed E-state index contributed by atoms with van der Waals surface area (Å²) in [6.07, 6.45) is 37.7. The number of aliphatic carboxylic acids is 1. The normalized spacial score (nSPS) is 12.7. The van der Waals surface area contributed by atoms with E-state index in [2.05, 4.69) is 43.5 Å². The molecule has 0 aliphatic rings. The summed E-state index contributed by atoms with van der Waals surface area (Å²) in [6, 6.07) is 0. The van der Waals surface area contributed by atoms with Crippen LogP contribution in [0.3, 0.4) is 0 Å². The van der Waals surface area contributed by atoms with Crippen molar-refractivity contribution < 1.29 is 111 Å². The van der Waals surface area contributed by atoms with E-state index < -0.39 is 51.0 Å². The summed E-state index contributed by atoms with van der Waals surface area (Å²) < 4.78 is 33.0. The predicted molar refractivity (Wildman–Crippen MR) is 231 cm³/mol. The SMILES string of the molecule is CCCCCCCC/C=C\CCCCCCCC(=O)OC[C@H](COP(=O)([O-])OCCNC(=O)CCCC(=O)[O-])OC(=O)CCCCCCC/C=C\CCCCCCCC.[Na+].[Na+]. The van der Waals surface area contributed by atoms with Crippen LogP contribution in [0, 0.1) is 0 Å². The van der Waals surface area contributed by atoms with Crippen molar-refractivity contribution in [3.63, 3.8) is 0 Å². The van der Waals surface area contributed by atoms with Crippen molar-refractivity contribution in [3.8, 4) is 0 Å². The van der Waals surface area contributed by atoms with Crippen LogP contribution in [0.1, 0.15) is 213 Å². The zero-order valence-electron chi connectivity index (χ0n) is 39.1. The number of ether oxygens (including phenoxy) is 2. The third-order valence-corrected chi connectivity index (χ3v) is 10.9. The first-order chi connectivity index (χ1) is 28.6. The minimum atomic E-state index is -4.86. The Labute approximate surface area is 414 Å². The monoisotopic (exact) mass is 902 g/mol. The molecule has 0 saturated heterocycles. The number of carbonyl (C=O) groups is 4. The fourth-order valence-electron chi connectivity index (χ4n) is 6.34. The predicted octanol–water partition coefficient (Wildman–Crippen LogP) is 4.06. The van der Waals surface area contributed by atoms with Gasteiger partial charge in [-0.1, -0.05) is 141 Å². The van der Waals surface area contributed by atoms with E-state index in [0.717, 1.165) is 77.0 Å². The van der Waals surface area contributed by atoms with Gasteiger partial charge in [-0.05, 0) is 77.0 Å². The van der Waals surface area contributed by atoms with Gasteiger partial charge in [0.1, 0.15) is 6.61 Å². The molecule has 0 bridgehead atoms. The average Bonchev–Trinajstić information content (AvgIpc) is 3.20. The van der Waals surface area contributed by atoms with Crippen LogP contribution in [0.15, 0.2) is 24.3 Å². The van der Waals surface area contributed by atoms with Crippen LogP contribution in [0.25, 0.3) is 0 Å². The summed E-state index contributed by atoms with van der Waals surface area (Å²) in [6.45, 7) is 2.94. The number of hydrogen-bond acceptors (Lipinski definition) is 11. The zero-order chi connectivity index (χ0) is 43.5. The molecule has 15 heteroatoms. The van der Waals surface area contributed by atoms with E-state index in [1.54, 1.807) is 0 Å². The molecule has 2 atom stereocenters. The standard InChI is InChI=1S/C46H84NO11P.2Na/c1-3-5-7-9-11-13-15-17-19-21-23-25-27-29-31-36-45(51)55-40-42(41-57-59(53,54)56-39-38-47-43(48)34-33-35-44(49)50)58-46(52)37-32-30-28-26-24-22-20-18-16-14-12-10-8-6-4-2;;/h17-20,42H,3-16,21-41H2,1-2H3,(H,47,48)(H,49,50)(H,53,54);;/q;2*+1/p-2/b19-17-,20-18-;;/t42-;;/m1../s1. The van der Waals surface area contributed by atoms with Crippen molar-refractivity contribution in [2.45, 2.75) is 219 Å². The van der Waals surface area contributed by atoms with Gasteiger partial charge in [0.2, 0.25) is 5.91 Å². The maximum atomic E-state index is 12.7. The van der Waals surface area contributed by atoms with Crippen molar-refractivity contribution in [1.29, 1.82) is 0 Å². The number of phosphoric ester groups is 1. The molecule has 0 aromatic carbocycles. The Bertz CT molecular complexity index is 1160. The van der Waals surface area contributed by atoms with Crippen LogP contribution in [0.4, 0.5) is 0 Å². The number of unbranched alkanes of at least 4 members (excludes halogenated alkanes) is 22. The molecule has 0 heterocycles. The summed E-state index contributed by atoms with van der Waals surface area (Å²) >= 11 is 0. The Kier molecular flexibility index (Phi) is 51.9. The van der Waals surface area contributed by atoms with Gasteiger partial charge >= 0.3 is 71.1 Å². The average molecular weight is 902 g/mol. The summed E-state index contributed by atoms with van der Waals surface area (Å²) in [7, 11) is -4.86. The quantitative estimate of drug-likeness (QED) is 0.0307. The van der Waals surface area contributed by atoms with E-state index in [4.69, 9.17) is 18.5 Å². The largest absolute Gasteiger partial charge is 1.00 e. The topological polar surface area (TPSA) is 180 Å². The van der Waals surface area contributed by atoms with Gasteiger partial charge in [-0.25, -0.2) is 0 Å². The van der Waals surface area contributed by atoms with Crippen molar-refractivity contribution in [2.75, 3.05) is 26.4 Å². The van der Waals surface area contributed by atoms with E-state index in [9.17, 15) is 33.7 Å². The summed E-state index contributed by atoms with van der Waals surface area (Å²) in [4.78, 5) is 59.8. The van der Waals surface area contributed by atoms with Crippen LogP contribution in [0.2, 0.25) is 0 Å². The van der Waals surface area contributed by atoms with E-state index in [0.29, 0.717) is 12.8 Å². The van der Waals surface area contributed by atoms with Gasteiger partial charge in [0.05, 0.1) is 13.2 Å². The van der Waals surface area contributed by atoms with Crippen molar-refractivity contribution in [3.05, 3.63) is 24.3 Å². The van der Waals surface area contributed by atoms with Gasteiger partial charge in [0.25, 0.3) is 7.82 Å². The Morgan fingerprint density at radius 1 is 0.541 bits per heavy atom. The molecule has 0 aliphatic carbocycles. The van der Waals surface area contributed by atoms with Crippen molar-refractivity contribution in [1.82, 2.24) is 5.32 Å². The Hall–Kier alpha value is -0.530. The van der Waals surface area contributed by atoms with Gasteiger partial charge in [-0.3, -0.25) is 18.9 Å². The van der Waals surface area contributed by atoms with E-state index in [-0.39, 0.29) is 104 Å². The number of nitrogens with one attached hydrogen (secondary N) is 1. The number of amides is 1. The Morgan fingerprint density at radius 3 is 1.43 bits per heavy atom. The van der Waals surface area contributed by atoms with Gasteiger partial charge in [-0.2, -0.15) is 0 Å². The molecular weight excluding hydrogens is 819 g/mol. The number of hydrogen-bond donors (Lipinski definition) is 1. The Balaban J connectivity index is -0.0000168. The summed E-state index contributed by atoms with van der Waals surface area (Å²) in [5.74, 6) is -2.71. The van der Waals surface area contributed by atoms with Crippen LogP contribution in [-0.2, 0) is 42.3 Å². The van der Waals surface area contributed by atoms with Gasteiger partial charge < -0.3 is 38.6 Å². The second-order valence-corrected chi connectivity index (χ2v) is 17.0. The summed E-state index contributed by atoms with van der Waals surface area (Å²) in [5, 5.41) is 12.9. The molecule has 0 saturated carbocycles. The molecule has 0 aromatic heterocycles. The number of esters is 2. The molecule has 0 aromatic rings. The molecule has 1 N–H and O–H groups in total. The molecule has 0 spiro atoms. The van der Waals surface area contributed by atoms with Crippen molar-refractivity contribution >= 4 is 31.6 Å². The van der Waals surface area contributed by atoms with Gasteiger partial charge in [-0.15, -0.1) is 0 Å². The number of phosphoric acid groups is 1. The molecule has 1 amide bonds. The molecule has 0 rings (SSSR count). The maximum absolute atomic E-state index is 12.7. The van der Waals surface area contributed by atoms with E-state index in [1.807, 2.05) is 0 Å². The molecule has 12 nitrogen and oxygen atoms in total. The summed E-state index contributed by atoms with van der Waals surface area (Å²) in [5.41, 5.74) is 0. The molecule has 0 aliphatic heterocycles. The Morgan fingerprint density at radius 2 is 0.967 bits per heavy atom. The number of carbonyl (C=O) groups excluding carboxylic acids is 4. The van der Waals surface area contributed by atoms with Gasteiger partial charge in [0, 0.05) is 31.8 Å². The number of carboxylic acids is 1. The molecule has 1 unspecified atom stereocenters. The minimum Gasteiger partial charge on any atom is -0.756 e. The zero-order valence-corrected chi connectivity index (χ0v) is 44.0. The molecule has 344 valence electrons. The number of carboxylic acid groups (broad SMARTS) is 1. The minimum absolute atomic E-state index is 0. The maximum Gasteiger partial charge on any atom is 1.00 e. The molecular formula is C46H82NNa2O11P. The van der Waals surface area contributed by atoms with Crippen molar-refractivity contribution in [2.24, 2.45) is 0 Å². The van der Waals surface area contributed by atoms with Crippen LogP contribution in [0.5, 0.6) is 0 Å².